The average molecular weight is 318 g/mol. The van der Waals surface area contributed by atoms with E-state index in [1.165, 1.54) is 0 Å². The van der Waals surface area contributed by atoms with Crippen molar-refractivity contribution < 1.29 is 8.42 Å². The van der Waals surface area contributed by atoms with Crippen molar-refractivity contribution in [2.45, 2.75) is 39.2 Å². The number of sulfone groups is 1. The second kappa shape index (κ2) is 5.15. The number of halogens is 1. The van der Waals surface area contributed by atoms with Gasteiger partial charge >= 0.3 is 0 Å². The van der Waals surface area contributed by atoms with E-state index in [2.05, 4.69) is 9.97 Å². The van der Waals surface area contributed by atoms with Crippen LogP contribution < -0.4 is 4.90 Å². The molecular formula is C13H20ClN3O2S. The van der Waals surface area contributed by atoms with Gasteiger partial charge in [0.15, 0.2) is 9.84 Å². The van der Waals surface area contributed by atoms with Crippen molar-refractivity contribution in [1.82, 2.24) is 9.97 Å². The van der Waals surface area contributed by atoms with Crippen LogP contribution in [-0.2, 0) is 15.3 Å². The number of nitrogens with zero attached hydrogens (tertiary/aromatic N) is 3. The maximum atomic E-state index is 11.6. The van der Waals surface area contributed by atoms with Gasteiger partial charge in [0, 0.05) is 24.1 Å². The third-order valence-corrected chi connectivity index (χ3v) is 5.31. The maximum absolute atomic E-state index is 11.6. The number of hydrogen-bond donors (Lipinski definition) is 0. The molecule has 2 heterocycles. The van der Waals surface area contributed by atoms with Gasteiger partial charge in [0.25, 0.3) is 0 Å². The third-order valence-electron chi connectivity index (χ3n) is 3.32. The first kappa shape index (κ1) is 15.5. The first-order chi connectivity index (χ1) is 9.08. The van der Waals surface area contributed by atoms with Crippen molar-refractivity contribution in [3.8, 4) is 0 Å². The van der Waals surface area contributed by atoms with Gasteiger partial charge in [-0.1, -0.05) is 32.4 Å². The Hall–Kier alpha value is -0.880. The summed E-state index contributed by atoms with van der Waals surface area (Å²) in [6.45, 7) is 8.40. The molecule has 1 atom stereocenters. The number of hydrogen-bond acceptors (Lipinski definition) is 5. The molecule has 2 rings (SSSR count). The third kappa shape index (κ3) is 3.41. The van der Waals surface area contributed by atoms with Gasteiger partial charge in [-0.25, -0.2) is 18.4 Å². The van der Waals surface area contributed by atoms with Gasteiger partial charge in [-0.3, -0.25) is 0 Å². The van der Waals surface area contributed by atoms with E-state index < -0.39 is 9.84 Å². The molecule has 20 heavy (non-hydrogen) atoms. The summed E-state index contributed by atoms with van der Waals surface area (Å²) in [5.41, 5.74) is -0.204. The number of aromatic nitrogens is 2. The minimum atomic E-state index is -2.94. The van der Waals surface area contributed by atoms with Crippen LogP contribution >= 0.6 is 11.6 Å². The lowest BCUT2D eigenvalue weighted by Crippen LogP contribution is -2.47. The van der Waals surface area contributed by atoms with E-state index in [1.807, 2.05) is 32.6 Å². The fourth-order valence-corrected chi connectivity index (χ4v) is 3.96. The molecule has 0 saturated carbocycles. The molecule has 1 aromatic rings. The van der Waals surface area contributed by atoms with Crippen LogP contribution in [0.15, 0.2) is 6.07 Å². The molecule has 5 nitrogen and oxygen atoms in total. The lowest BCUT2D eigenvalue weighted by atomic mass is 9.96. The predicted octanol–water partition coefficient (Wildman–Crippen LogP) is 2.05. The Kier molecular flexibility index (Phi) is 3.99. The molecule has 0 N–H and O–H groups in total. The quantitative estimate of drug-likeness (QED) is 0.742. The van der Waals surface area contributed by atoms with Gasteiger partial charge in [0.1, 0.15) is 16.8 Å². The van der Waals surface area contributed by atoms with E-state index in [9.17, 15) is 8.42 Å². The van der Waals surface area contributed by atoms with Gasteiger partial charge in [-0.15, -0.1) is 0 Å². The molecule has 7 heteroatoms. The molecule has 0 aliphatic carbocycles. The molecule has 1 saturated heterocycles. The van der Waals surface area contributed by atoms with Crippen LogP contribution in [0.4, 0.5) is 5.82 Å². The van der Waals surface area contributed by atoms with Gasteiger partial charge in [0.2, 0.25) is 0 Å². The van der Waals surface area contributed by atoms with Crippen LogP contribution in [-0.4, -0.2) is 42.5 Å². The molecule has 1 aromatic heterocycles. The summed E-state index contributed by atoms with van der Waals surface area (Å²) in [5, 5.41) is 0.389. The van der Waals surface area contributed by atoms with Crippen LogP contribution in [0, 0.1) is 0 Å². The molecule has 112 valence electrons. The Balaban J connectivity index is 2.36. The molecule has 1 unspecified atom stereocenters. The molecule has 0 aromatic carbocycles. The Morgan fingerprint density at radius 2 is 2.00 bits per heavy atom. The van der Waals surface area contributed by atoms with Gasteiger partial charge in [-0.2, -0.15) is 0 Å². The minimum Gasteiger partial charge on any atom is -0.352 e. The Morgan fingerprint density at radius 1 is 1.35 bits per heavy atom. The zero-order valence-corrected chi connectivity index (χ0v) is 13.8. The fourth-order valence-electron chi connectivity index (χ4n) is 2.23. The molecule has 0 amide bonds. The van der Waals surface area contributed by atoms with Crippen LogP contribution in [0.3, 0.4) is 0 Å². The molecule has 1 aliphatic rings. The highest BCUT2D eigenvalue weighted by Crippen LogP contribution is 2.26. The van der Waals surface area contributed by atoms with Gasteiger partial charge in [-0.05, 0) is 6.92 Å². The molecule has 0 bridgehead atoms. The summed E-state index contributed by atoms with van der Waals surface area (Å²) in [5.74, 6) is 1.68. The van der Waals surface area contributed by atoms with Crippen LogP contribution in [0.1, 0.15) is 33.5 Å². The van der Waals surface area contributed by atoms with E-state index in [0.717, 1.165) is 0 Å². The highest BCUT2D eigenvalue weighted by atomic mass is 35.5. The van der Waals surface area contributed by atoms with E-state index >= 15 is 0 Å². The Bertz CT molecular complexity index is 611. The molecule has 0 spiro atoms. The Labute approximate surface area is 125 Å². The lowest BCUT2D eigenvalue weighted by molar-refractivity contribution is 0.538. The summed E-state index contributed by atoms with van der Waals surface area (Å²) in [6, 6.07) is 1.60. The van der Waals surface area contributed by atoms with Crippen molar-refractivity contribution in [1.29, 1.82) is 0 Å². The van der Waals surface area contributed by atoms with Crippen LogP contribution in [0.5, 0.6) is 0 Å². The first-order valence-corrected chi connectivity index (χ1v) is 8.80. The van der Waals surface area contributed by atoms with Crippen LogP contribution in [0.25, 0.3) is 0 Å². The predicted molar refractivity (Wildman–Crippen MR) is 81.2 cm³/mol. The van der Waals surface area contributed by atoms with E-state index in [4.69, 9.17) is 11.6 Å². The summed E-state index contributed by atoms with van der Waals surface area (Å²) < 4.78 is 23.3. The zero-order chi connectivity index (χ0) is 15.1. The smallest absolute Gasteiger partial charge is 0.154 e. The van der Waals surface area contributed by atoms with E-state index in [-0.39, 0.29) is 23.0 Å². The molecule has 1 aliphatic heterocycles. The summed E-state index contributed by atoms with van der Waals surface area (Å²) in [4.78, 5) is 10.8. The van der Waals surface area contributed by atoms with E-state index in [0.29, 0.717) is 23.3 Å². The lowest BCUT2D eigenvalue weighted by Gasteiger charge is -2.34. The first-order valence-electron chi connectivity index (χ1n) is 6.61. The van der Waals surface area contributed by atoms with Crippen molar-refractivity contribution >= 4 is 27.3 Å². The van der Waals surface area contributed by atoms with Gasteiger partial charge < -0.3 is 4.90 Å². The molecule has 1 fully saturated rings. The highest BCUT2D eigenvalue weighted by molar-refractivity contribution is 7.91. The fraction of sp³-hybridized carbons (Fsp3) is 0.692. The number of anilines is 1. The number of rotatable bonds is 1. The Morgan fingerprint density at radius 3 is 2.55 bits per heavy atom. The highest BCUT2D eigenvalue weighted by Gasteiger charge is 2.30. The van der Waals surface area contributed by atoms with Crippen molar-refractivity contribution in [2.24, 2.45) is 0 Å². The van der Waals surface area contributed by atoms with Crippen molar-refractivity contribution in [2.75, 3.05) is 23.0 Å². The average Bonchev–Trinajstić information content (AvgIpc) is 2.25. The second-order valence-electron chi connectivity index (χ2n) is 6.28. The molecular weight excluding hydrogens is 298 g/mol. The minimum absolute atomic E-state index is 0.104. The van der Waals surface area contributed by atoms with E-state index in [1.54, 1.807) is 6.07 Å². The monoisotopic (exact) mass is 317 g/mol. The summed E-state index contributed by atoms with van der Waals surface area (Å²) >= 11 is 6.08. The van der Waals surface area contributed by atoms with Crippen molar-refractivity contribution in [3.63, 3.8) is 0 Å². The second-order valence-corrected chi connectivity index (χ2v) is 8.90. The largest absolute Gasteiger partial charge is 0.352 e. The maximum Gasteiger partial charge on any atom is 0.154 e. The standard InChI is InChI=1S/C13H20ClN3O2S/c1-9-8-20(18,19)6-5-17(9)11-7-10(14)15-12(16-11)13(2,3)4/h7,9H,5-6,8H2,1-4H3. The topological polar surface area (TPSA) is 63.2 Å². The van der Waals surface area contributed by atoms with Gasteiger partial charge in [0.05, 0.1) is 11.5 Å². The zero-order valence-electron chi connectivity index (χ0n) is 12.2. The normalized spacial score (nSPS) is 22.9. The molecule has 0 radical (unpaired) electrons. The summed E-state index contributed by atoms with van der Waals surface area (Å²) in [6.07, 6.45) is 0. The summed E-state index contributed by atoms with van der Waals surface area (Å²) in [7, 11) is -2.94. The van der Waals surface area contributed by atoms with Crippen molar-refractivity contribution in [3.05, 3.63) is 17.0 Å². The SMILES string of the molecule is CC1CS(=O)(=O)CCN1c1cc(Cl)nc(C(C)(C)C)n1. The van der Waals surface area contributed by atoms with Crippen LogP contribution in [0.2, 0.25) is 5.15 Å².